The number of carboxylic acids is 1. The zero-order chi connectivity index (χ0) is 10.5. The Labute approximate surface area is 80.9 Å². The summed E-state index contributed by atoms with van der Waals surface area (Å²) in [4.78, 5) is 10.8. The number of aliphatic carboxylic acids is 1. The van der Waals surface area contributed by atoms with E-state index in [4.69, 9.17) is 0 Å². The Bertz CT molecular complexity index is 161. The van der Waals surface area contributed by atoms with E-state index in [0.29, 0.717) is 4.48 Å². The van der Waals surface area contributed by atoms with Crippen molar-refractivity contribution in [3.63, 3.8) is 0 Å². The Hall–Kier alpha value is -0.570. The number of nitrogens with zero attached hydrogens (tertiary/aromatic N) is 1. The van der Waals surface area contributed by atoms with Crippen LogP contribution in [0.25, 0.3) is 0 Å². The van der Waals surface area contributed by atoms with Gasteiger partial charge in [-0.25, -0.2) is 0 Å². The smallest absolute Gasteiger partial charge is 0.129 e. The van der Waals surface area contributed by atoms with Crippen molar-refractivity contribution in [3.8, 4) is 0 Å². The molecule has 0 saturated carbocycles. The van der Waals surface area contributed by atoms with Crippen LogP contribution in [-0.4, -0.2) is 37.6 Å². The number of carboxylic acid groups (broad SMARTS) is 1. The second kappa shape index (κ2) is 5.22. The van der Waals surface area contributed by atoms with Gasteiger partial charge in [0.05, 0.1) is 27.1 Å². The fourth-order valence-electron chi connectivity index (χ4n) is 1.41. The van der Waals surface area contributed by atoms with Gasteiger partial charge in [0.2, 0.25) is 0 Å². The Morgan fingerprint density at radius 3 is 2.15 bits per heavy atom. The molecule has 0 bridgehead atoms. The predicted octanol–water partition coefficient (Wildman–Crippen LogP) is 0.391. The summed E-state index contributed by atoms with van der Waals surface area (Å²) in [6, 6.07) is -0.369. The second-order valence-electron chi connectivity index (χ2n) is 4.45. The van der Waals surface area contributed by atoms with Gasteiger partial charge < -0.3 is 14.4 Å². The molecule has 3 heteroatoms. The third-order valence-corrected chi connectivity index (χ3v) is 2.29. The minimum absolute atomic E-state index is 0.369. The van der Waals surface area contributed by atoms with E-state index in [9.17, 15) is 9.90 Å². The van der Waals surface area contributed by atoms with E-state index in [2.05, 4.69) is 6.92 Å². The molecule has 1 unspecified atom stereocenters. The van der Waals surface area contributed by atoms with Crippen molar-refractivity contribution in [1.29, 1.82) is 0 Å². The number of hydrogen-bond donors (Lipinski definition) is 0. The third kappa shape index (κ3) is 4.88. The first-order chi connectivity index (χ1) is 5.89. The Morgan fingerprint density at radius 2 is 1.85 bits per heavy atom. The Balaban J connectivity index is 4.04. The summed E-state index contributed by atoms with van der Waals surface area (Å²) in [6.07, 6.45) is 3.92. The molecule has 0 fully saturated rings. The van der Waals surface area contributed by atoms with Crippen LogP contribution < -0.4 is 5.11 Å². The van der Waals surface area contributed by atoms with E-state index < -0.39 is 5.97 Å². The first-order valence-corrected chi connectivity index (χ1v) is 4.91. The lowest BCUT2D eigenvalue weighted by Gasteiger charge is -2.34. The Morgan fingerprint density at radius 1 is 1.31 bits per heavy atom. The number of quaternary nitrogens is 1. The van der Waals surface area contributed by atoms with Crippen molar-refractivity contribution in [2.75, 3.05) is 21.1 Å². The molecule has 0 aromatic carbocycles. The van der Waals surface area contributed by atoms with Crippen LogP contribution in [0.15, 0.2) is 0 Å². The maximum Gasteiger partial charge on any atom is 0.129 e. The van der Waals surface area contributed by atoms with Gasteiger partial charge in [0, 0.05) is 6.42 Å². The van der Waals surface area contributed by atoms with Gasteiger partial charge in [-0.05, 0) is 6.42 Å². The molecule has 0 aliphatic rings. The summed E-state index contributed by atoms with van der Waals surface area (Å²) < 4.78 is 0.450. The van der Waals surface area contributed by atoms with Crippen molar-refractivity contribution >= 4 is 5.97 Å². The zero-order valence-corrected chi connectivity index (χ0v) is 9.17. The molecule has 3 nitrogen and oxygen atoms in total. The van der Waals surface area contributed by atoms with Gasteiger partial charge in [-0.1, -0.05) is 19.8 Å². The largest absolute Gasteiger partial charge is 0.544 e. The van der Waals surface area contributed by atoms with Gasteiger partial charge in [0.1, 0.15) is 6.04 Å². The van der Waals surface area contributed by atoms with Gasteiger partial charge in [0.15, 0.2) is 0 Å². The molecular weight excluding hydrogens is 166 g/mol. The molecule has 0 aromatic heterocycles. The minimum Gasteiger partial charge on any atom is -0.544 e. The molecule has 0 N–H and O–H groups in total. The molecular formula is C10H21NO2. The molecule has 0 rings (SSSR count). The maximum atomic E-state index is 10.8. The minimum atomic E-state index is -0.927. The lowest BCUT2D eigenvalue weighted by molar-refractivity contribution is -0.889. The van der Waals surface area contributed by atoms with Gasteiger partial charge in [-0.3, -0.25) is 0 Å². The fourth-order valence-corrected chi connectivity index (χ4v) is 1.41. The highest BCUT2D eigenvalue weighted by molar-refractivity contribution is 5.69. The number of carbonyl (C=O) groups is 1. The lowest BCUT2D eigenvalue weighted by atomic mass is 10.1. The van der Waals surface area contributed by atoms with E-state index in [1.807, 2.05) is 21.1 Å². The summed E-state index contributed by atoms with van der Waals surface area (Å²) >= 11 is 0. The van der Waals surface area contributed by atoms with Crippen LogP contribution in [0.2, 0.25) is 0 Å². The monoisotopic (exact) mass is 187 g/mol. The maximum absolute atomic E-state index is 10.8. The summed E-state index contributed by atoms with van der Waals surface area (Å²) in [5.74, 6) is -0.927. The van der Waals surface area contributed by atoms with Gasteiger partial charge in [-0.2, -0.15) is 0 Å². The van der Waals surface area contributed by atoms with Gasteiger partial charge >= 0.3 is 0 Å². The average Bonchev–Trinajstić information content (AvgIpc) is 1.94. The molecule has 78 valence electrons. The molecule has 0 amide bonds. The topological polar surface area (TPSA) is 40.1 Å². The predicted molar refractivity (Wildman–Crippen MR) is 51.0 cm³/mol. The van der Waals surface area contributed by atoms with Crippen LogP contribution in [0.3, 0.4) is 0 Å². The molecule has 13 heavy (non-hydrogen) atoms. The molecule has 0 heterocycles. The van der Waals surface area contributed by atoms with Crippen LogP contribution in [0, 0.1) is 0 Å². The molecule has 0 aliphatic carbocycles. The number of rotatable bonds is 6. The third-order valence-electron chi connectivity index (χ3n) is 2.29. The van der Waals surface area contributed by atoms with Crippen molar-refractivity contribution in [1.82, 2.24) is 0 Å². The van der Waals surface area contributed by atoms with E-state index in [-0.39, 0.29) is 6.04 Å². The average molecular weight is 187 g/mol. The highest BCUT2D eigenvalue weighted by Crippen LogP contribution is 2.11. The van der Waals surface area contributed by atoms with Crippen molar-refractivity contribution < 1.29 is 14.4 Å². The summed E-state index contributed by atoms with van der Waals surface area (Å²) in [5.41, 5.74) is 0. The van der Waals surface area contributed by atoms with Crippen molar-refractivity contribution in [2.24, 2.45) is 0 Å². The molecule has 0 aromatic rings. The van der Waals surface area contributed by atoms with Crippen LogP contribution >= 0.6 is 0 Å². The molecule has 0 radical (unpaired) electrons. The highest BCUT2D eigenvalue weighted by atomic mass is 16.4. The normalized spacial score (nSPS) is 14.2. The van der Waals surface area contributed by atoms with Crippen molar-refractivity contribution in [2.45, 2.75) is 38.6 Å². The van der Waals surface area contributed by atoms with E-state index in [0.717, 1.165) is 25.7 Å². The molecule has 1 atom stereocenters. The van der Waals surface area contributed by atoms with Crippen molar-refractivity contribution in [3.05, 3.63) is 0 Å². The van der Waals surface area contributed by atoms with Gasteiger partial charge in [0.25, 0.3) is 0 Å². The SMILES string of the molecule is CCCCCC(C(=O)[O-])[N+](C)(C)C. The summed E-state index contributed by atoms with van der Waals surface area (Å²) in [7, 11) is 5.69. The van der Waals surface area contributed by atoms with E-state index in [1.165, 1.54) is 0 Å². The number of likely N-dealkylation sites (N-methyl/N-ethyl adjacent to an activating group) is 1. The number of carbonyl (C=O) groups excluding carboxylic acids is 1. The molecule has 0 saturated heterocycles. The lowest BCUT2D eigenvalue weighted by Crippen LogP contribution is -2.54. The summed E-state index contributed by atoms with van der Waals surface area (Å²) in [5, 5.41) is 10.8. The van der Waals surface area contributed by atoms with Crippen LogP contribution in [0.1, 0.15) is 32.6 Å². The fraction of sp³-hybridized carbons (Fsp3) is 0.900. The molecule has 0 spiro atoms. The van der Waals surface area contributed by atoms with E-state index in [1.54, 1.807) is 0 Å². The van der Waals surface area contributed by atoms with Crippen LogP contribution in [0.4, 0.5) is 0 Å². The van der Waals surface area contributed by atoms with Crippen LogP contribution in [-0.2, 0) is 4.79 Å². The first-order valence-electron chi connectivity index (χ1n) is 4.91. The van der Waals surface area contributed by atoms with Crippen LogP contribution in [0.5, 0.6) is 0 Å². The second-order valence-corrected chi connectivity index (χ2v) is 4.45. The standard InChI is InChI=1S/C10H21NO2/c1-5-6-7-8-9(10(12)13)11(2,3)4/h9H,5-8H2,1-4H3. The Kier molecular flexibility index (Phi) is 4.99. The zero-order valence-electron chi connectivity index (χ0n) is 9.17. The summed E-state index contributed by atoms with van der Waals surface area (Å²) in [6.45, 7) is 2.11. The number of unbranched alkanes of at least 4 members (excludes halogenated alkanes) is 2. The number of hydrogen-bond acceptors (Lipinski definition) is 2. The first kappa shape index (κ1) is 12.4. The van der Waals surface area contributed by atoms with E-state index >= 15 is 0 Å². The highest BCUT2D eigenvalue weighted by Gasteiger charge is 2.23. The molecule has 0 aliphatic heterocycles. The quantitative estimate of drug-likeness (QED) is 0.446. The van der Waals surface area contributed by atoms with Gasteiger partial charge in [-0.15, -0.1) is 0 Å².